The molecule has 0 aromatic carbocycles. The molecule has 0 spiro atoms. The van der Waals surface area contributed by atoms with E-state index in [9.17, 15) is 0 Å². The zero-order chi connectivity index (χ0) is 10.8. The van der Waals surface area contributed by atoms with Crippen molar-refractivity contribution in [2.45, 2.75) is 13.8 Å². The summed E-state index contributed by atoms with van der Waals surface area (Å²) in [6.45, 7) is 3.87. The SMILES string of the molecule is Cc1cc(Cl)nc(-c2ccncc2C)n1. The summed E-state index contributed by atoms with van der Waals surface area (Å²) < 4.78 is 0. The standard InChI is InChI=1S/C11H10ClN3/c1-7-6-13-4-3-9(7)11-14-8(2)5-10(12)15-11/h3-6H,1-2H3. The summed E-state index contributed by atoms with van der Waals surface area (Å²) in [5, 5.41) is 0.466. The molecular weight excluding hydrogens is 210 g/mol. The first kappa shape index (κ1) is 10.1. The molecule has 2 aromatic rings. The third-order valence-electron chi connectivity index (χ3n) is 2.08. The van der Waals surface area contributed by atoms with Gasteiger partial charge in [-0.05, 0) is 31.5 Å². The Balaban J connectivity index is 2.59. The molecule has 76 valence electrons. The van der Waals surface area contributed by atoms with Gasteiger partial charge in [0.15, 0.2) is 5.82 Å². The minimum absolute atomic E-state index is 0.466. The number of pyridine rings is 1. The van der Waals surface area contributed by atoms with Crippen LogP contribution >= 0.6 is 11.6 Å². The topological polar surface area (TPSA) is 38.7 Å². The third kappa shape index (κ3) is 2.13. The van der Waals surface area contributed by atoms with Gasteiger partial charge in [0.1, 0.15) is 5.15 Å². The van der Waals surface area contributed by atoms with Crippen LogP contribution in [0.1, 0.15) is 11.3 Å². The molecule has 0 bridgehead atoms. The monoisotopic (exact) mass is 219 g/mol. The van der Waals surface area contributed by atoms with Gasteiger partial charge in [-0.25, -0.2) is 9.97 Å². The van der Waals surface area contributed by atoms with E-state index in [4.69, 9.17) is 11.6 Å². The average Bonchev–Trinajstić information content (AvgIpc) is 2.16. The van der Waals surface area contributed by atoms with Crippen LogP contribution in [-0.2, 0) is 0 Å². The second kappa shape index (κ2) is 3.95. The molecule has 3 nitrogen and oxygen atoms in total. The number of hydrogen-bond donors (Lipinski definition) is 0. The van der Waals surface area contributed by atoms with Gasteiger partial charge >= 0.3 is 0 Å². The fourth-order valence-electron chi connectivity index (χ4n) is 1.37. The number of rotatable bonds is 1. The smallest absolute Gasteiger partial charge is 0.161 e. The highest BCUT2D eigenvalue weighted by Crippen LogP contribution is 2.20. The molecule has 0 saturated heterocycles. The van der Waals surface area contributed by atoms with Crippen molar-refractivity contribution in [3.05, 3.63) is 40.9 Å². The van der Waals surface area contributed by atoms with E-state index in [0.29, 0.717) is 11.0 Å². The van der Waals surface area contributed by atoms with Crippen LogP contribution < -0.4 is 0 Å². The van der Waals surface area contributed by atoms with Crippen molar-refractivity contribution in [3.63, 3.8) is 0 Å². The predicted octanol–water partition coefficient (Wildman–Crippen LogP) is 2.81. The fourth-order valence-corrected chi connectivity index (χ4v) is 1.61. The normalized spacial score (nSPS) is 10.3. The number of nitrogens with zero attached hydrogens (tertiary/aromatic N) is 3. The minimum Gasteiger partial charge on any atom is -0.264 e. The Morgan fingerprint density at radius 2 is 2.00 bits per heavy atom. The second-order valence-corrected chi connectivity index (χ2v) is 3.73. The van der Waals surface area contributed by atoms with Crippen LogP contribution in [0.25, 0.3) is 11.4 Å². The van der Waals surface area contributed by atoms with E-state index in [1.807, 2.05) is 19.9 Å². The van der Waals surface area contributed by atoms with E-state index < -0.39 is 0 Å². The van der Waals surface area contributed by atoms with Gasteiger partial charge in [0.25, 0.3) is 0 Å². The molecule has 2 heterocycles. The van der Waals surface area contributed by atoms with Gasteiger partial charge in [-0.15, -0.1) is 0 Å². The number of halogens is 1. The molecule has 0 aliphatic heterocycles. The Bertz CT molecular complexity index is 477. The van der Waals surface area contributed by atoms with E-state index in [0.717, 1.165) is 16.8 Å². The van der Waals surface area contributed by atoms with Crippen LogP contribution in [0.4, 0.5) is 0 Å². The summed E-state index contributed by atoms with van der Waals surface area (Å²) >= 11 is 5.89. The van der Waals surface area contributed by atoms with Crippen molar-refractivity contribution in [2.24, 2.45) is 0 Å². The summed E-state index contributed by atoms with van der Waals surface area (Å²) in [4.78, 5) is 12.6. The maximum absolute atomic E-state index is 5.89. The van der Waals surface area contributed by atoms with Crippen LogP contribution in [0.2, 0.25) is 5.15 Å². The summed E-state index contributed by atoms with van der Waals surface area (Å²) in [6, 6.07) is 3.63. The average molecular weight is 220 g/mol. The first-order valence-electron chi connectivity index (χ1n) is 4.59. The van der Waals surface area contributed by atoms with Gasteiger partial charge < -0.3 is 0 Å². The zero-order valence-electron chi connectivity index (χ0n) is 8.53. The zero-order valence-corrected chi connectivity index (χ0v) is 9.28. The van der Waals surface area contributed by atoms with E-state index in [1.165, 1.54) is 0 Å². The molecule has 0 aliphatic rings. The molecule has 0 saturated carbocycles. The minimum atomic E-state index is 0.466. The second-order valence-electron chi connectivity index (χ2n) is 3.35. The molecule has 4 heteroatoms. The lowest BCUT2D eigenvalue weighted by Crippen LogP contribution is -1.94. The quantitative estimate of drug-likeness (QED) is 0.693. The highest BCUT2D eigenvalue weighted by molar-refractivity contribution is 6.29. The highest BCUT2D eigenvalue weighted by atomic mass is 35.5. The van der Waals surface area contributed by atoms with Gasteiger partial charge in [0.05, 0.1) is 0 Å². The number of aromatic nitrogens is 3. The van der Waals surface area contributed by atoms with Crippen LogP contribution in [0, 0.1) is 13.8 Å². The molecule has 0 fully saturated rings. The molecule has 0 radical (unpaired) electrons. The Morgan fingerprint density at radius 3 is 2.67 bits per heavy atom. The molecule has 0 amide bonds. The molecular formula is C11H10ClN3. The lowest BCUT2D eigenvalue weighted by Gasteiger charge is -2.04. The van der Waals surface area contributed by atoms with Gasteiger partial charge in [-0.2, -0.15) is 0 Å². The van der Waals surface area contributed by atoms with Crippen LogP contribution in [0.5, 0.6) is 0 Å². The largest absolute Gasteiger partial charge is 0.264 e. The van der Waals surface area contributed by atoms with Crippen molar-refractivity contribution in [1.82, 2.24) is 15.0 Å². The maximum Gasteiger partial charge on any atom is 0.161 e. The van der Waals surface area contributed by atoms with E-state index in [2.05, 4.69) is 15.0 Å². The van der Waals surface area contributed by atoms with Crippen molar-refractivity contribution in [2.75, 3.05) is 0 Å². The first-order chi connectivity index (χ1) is 7.16. The maximum atomic E-state index is 5.89. The van der Waals surface area contributed by atoms with Crippen molar-refractivity contribution < 1.29 is 0 Å². The lowest BCUT2D eigenvalue weighted by atomic mass is 10.1. The lowest BCUT2D eigenvalue weighted by molar-refractivity contribution is 1.10. The summed E-state index contributed by atoms with van der Waals surface area (Å²) in [5.41, 5.74) is 2.87. The molecule has 2 rings (SSSR count). The van der Waals surface area contributed by atoms with E-state index in [-0.39, 0.29) is 0 Å². The van der Waals surface area contributed by atoms with Crippen molar-refractivity contribution in [1.29, 1.82) is 0 Å². The van der Waals surface area contributed by atoms with Crippen molar-refractivity contribution >= 4 is 11.6 Å². The summed E-state index contributed by atoms with van der Waals surface area (Å²) in [6.07, 6.45) is 3.51. The Morgan fingerprint density at radius 1 is 1.20 bits per heavy atom. The molecule has 0 aliphatic carbocycles. The third-order valence-corrected chi connectivity index (χ3v) is 2.28. The van der Waals surface area contributed by atoms with Crippen LogP contribution in [0.15, 0.2) is 24.5 Å². The predicted molar refractivity (Wildman–Crippen MR) is 59.7 cm³/mol. The van der Waals surface area contributed by atoms with Gasteiger partial charge in [-0.1, -0.05) is 11.6 Å². The van der Waals surface area contributed by atoms with E-state index >= 15 is 0 Å². The van der Waals surface area contributed by atoms with Gasteiger partial charge in [0.2, 0.25) is 0 Å². The first-order valence-corrected chi connectivity index (χ1v) is 4.97. The van der Waals surface area contributed by atoms with Crippen LogP contribution in [-0.4, -0.2) is 15.0 Å². The fraction of sp³-hybridized carbons (Fsp3) is 0.182. The number of aryl methyl sites for hydroxylation is 2. The summed E-state index contributed by atoms with van der Waals surface area (Å²) in [7, 11) is 0. The van der Waals surface area contributed by atoms with Gasteiger partial charge in [-0.3, -0.25) is 4.98 Å². The van der Waals surface area contributed by atoms with Crippen LogP contribution in [0.3, 0.4) is 0 Å². The Kier molecular flexibility index (Phi) is 2.64. The molecule has 0 atom stereocenters. The molecule has 0 N–H and O–H groups in total. The molecule has 15 heavy (non-hydrogen) atoms. The molecule has 2 aromatic heterocycles. The van der Waals surface area contributed by atoms with Crippen molar-refractivity contribution in [3.8, 4) is 11.4 Å². The Hall–Kier alpha value is -1.48. The molecule has 0 unspecified atom stereocenters. The Labute approximate surface area is 93.2 Å². The number of hydrogen-bond acceptors (Lipinski definition) is 3. The van der Waals surface area contributed by atoms with E-state index in [1.54, 1.807) is 18.5 Å². The van der Waals surface area contributed by atoms with Gasteiger partial charge in [0, 0.05) is 23.7 Å². The highest BCUT2D eigenvalue weighted by Gasteiger charge is 2.06. The summed E-state index contributed by atoms with van der Waals surface area (Å²) in [5.74, 6) is 0.653.